The lowest BCUT2D eigenvalue weighted by Gasteiger charge is -2.11. The van der Waals surface area contributed by atoms with E-state index in [4.69, 9.17) is 16.3 Å². The smallest absolute Gasteiger partial charge is 0.261 e. The monoisotopic (exact) mass is 353 g/mol. The topological polar surface area (TPSA) is 72.5 Å². The van der Waals surface area contributed by atoms with Crippen molar-refractivity contribution in [2.45, 2.75) is 18.7 Å². The first-order chi connectivity index (χ1) is 10.8. The first-order valence-electron chi connectivity index (χ1n) is 6.89. The van der Waals surface area contributed by atoms with Gasteiger partial charge >= 0.3 is 0 Å². The van der Waals surface area contributed by atoms with Crippen LogP contribution in [0.5, 0.6) is 5.75 Å². The molecule has 0 bridgehead atoms. The summed E-state index contributed by atoms with van der Waals surface area (Å²) in [6, 6.07) is 10.5. The molecule has 7 heteroatoms. The molecule has 0 radical (unpaired) electrons. The van der Waals surface area contributed by atoms with Gasteiger partial charge in [-0.05, 0) is 44.2 Å². The van der Waals surface area contributed by atoms with Gasteiger partial charge in [0.15, 0.2) is 5.78 Å². The minimum atomic E-state index is -3.81. The molecule has 2 aromatic carbocycles. The molecule has 0 unspecified atom stereocenters. The zero-order chi connectivity index (χ0) is 17.0. The summed E-state index contributed by atoms with van der Waals surface area (Å²) < 4.78 is 32.5. The Kier molecular flexibility index (Phi) is 5.28. The van der Waals surface area contributed by atoms with E-state index in [0.29, 0.717) is 23.6 Å². The Morgan fingerprint density at radius 2 is 1.96 bits per heavy atom. The van der Waals surface area contributed by atoms with Crippen LogP contribution in [-0.2, 0) is 10.0 Å². The molecule has 2 aromatic rings. The predicted molar refractivity (Wildman–Crippen MR) is 89.9 cm³/mol. The van der Waals surface area contributed by atoms with Gasteiger partial charge in [-0.1, -0.05) is 23.7 Å². The fourth-order valence-corrected chi connectivity index (χ4v) is 3.31. The molecule has 122 valence electrons. The van der Waals surface area contributed by atoms with E-state index in [1.54, 1.807) is 18.2 Å². The van der Waals surface area contributed by atoms with Gasteiger partial charge < -0.3 is 4.74 Å². The molecule has 1 N–H and O–H groups in total. The van der Waals surface area contributed by atoms with Crippen molar-refractivity contribution in [3.8, 4) is 5.75 Å². The molecular formula is C16H16ClNO4S. The third kappa shape index (κ3) is 4.24. The second-order valence-electron chi connectivity index (χ2n) is 4.77. The van der Waals surface area contributed by atoms with Crippen LogP contribution in [0.1, 0.15) is 24.2 Å². The molecule has 0 aliphatic carbocycles. The predicted octanol–water partition coefficient (Wildman–Crippen LogP) is 3.74. The van der Waals surface area contributed by atoms with E-state index >= 15 is 0 Å². The summed E-state index contributed by atoms with van der Waals surface area (Å²) in [7, 11) is -3.81. The summed E-state index contributed by atoms with van der Waals surface area (Å²) in [5, 5.41) is 0.215. The van der Waals surface area contributed by atoms with E-state index in [1.165, 1.54) is 31.2 Å². The van der Waals surface area contributed by atoms with Crippen LogP contribution in [0.15, 0.2) is 47.4 Å². The fourth-order valence-electron chi connectivity index (χ4n) is 1.94. The Morgan fingerprint density at radius 3 is 2.57 bits per heavy atom. The average molecular weight is 354 g/mol. The van der Waals surface area contributed by atoms with Gasteiger partial charge in [-0.25, -0.2) is 8.42 Å². The fraction of sp³-hybridized carbons (Fsp3) is 0.188. The standard InChI is InChI=1S/C16H16ClNO4S/c1-3-22-16-8-7-14(10-15(16)17)23(20,21)18-13-6-4-5-12(9-13)11(2)19/h4-10,18H,3H2,1-2H3. The van der Waals surface area contributed by atoms with Crippen molar-refractivity contribution in [2.75, 3.05) is 11.3 Å². The second-order valence-corrected chi connectivity index (χ2v) is 6.86. The largest absolute Gasteiger partial charge is 0.492 e. The molecule has 2 rings (SSSR count). The number of hydrogen-bond donors (Lipinski definition) is 1. The maximum atomic E-state index is 12.4. The van der Waals surface area contributed by atoms with Gasteiger partial charge in [-0.2, -0.15) is 0 Å². The zero-order valence-electron chi connectivity index (χ0n) is 12.7. The van der Waals surface area contributed by atoms with Crippen molar-refractivity contribution in [3.05, 3.63) is 53.1 Å². The summed E-state index contributed by atoms with van der Waals surface area (Å²) in [4.78, 5) is 11.4. The minimum Gasteiger partial charge on any atom is -0.492 e. The first kappa shape index (κ1) is 17.3. The number of rotatable bonds is 6. The molecule has 23 heavy (non-hydrogen) atoms. The van der Waals surface area contributed by atoms with Crippen LogP contribution in [0, 0.1) is 0 Å². The Morgan fingerprint density at radius 1 is 1.22 bits per heavy atom. The number of ether oxygens (including phenoxy) is 1. The molecule has 0 saturated carbocycles. The summed E-state index contributed by atoms with van der Waals surface area (Å²) >= 11 is 6.02. The summed E-state index contributed by atoms with van der Waals surface area (Å²) in [5.41, 5.74) is 0.734. The second kappa shape index (κ2) is 7.02. The van der Waals surface area contributed by atoms with E-state index in [0.717, 1.165) is 0 Å². The van der Waals surface area contributed by atoms with Crippen LogP contribution in [0.2, 0.25) is 5.02 Å². The summed E-state index contributed by atoms with van der Waals surface area (Å²) in [6.07, 6.45) is 0. The molecular weight excluding hydrogens is 338 g/mol. The normalized spacial score (nSPS) is 11.1. The SMILES string of the molecule is CCOc1ccc(S(=O)(=O)Nc2cccc(C(C)=O)c2)cc1Cl. The number of sulfonamides is 1. The summed E-state index contributed by atoms with van der Waals surface area (Å²) in [6.45, 7) is 3.66. The number of benzene rings is 2. The van der Waals surface area contributed by atoms with Gasteiger partial charge in [-0.15, -0.1) is 0 Å². The molecule has 5 nitrogen and oxygen atoms in total. The van der Waals surface area contributed by atoms with E-state index in [9.17, 15) is 13.2 Å². The van der Waals surface area contributed by atoms with Crippen molar-refractivity contribution in [1.82, 2.24) is 0 Å². The third-order valence-electron chi connectivity index (χ3n) is 3.03. The van der Waals surface area contributed by atoms with Crippen LogP contribution in [-0.4, -0.2) is 20.8 Å². The molecule has 0 fully saturated rings. The quantitative estimate of drug-likeness (QED) is 0.803. The maximum Gasteiger partial charge on any atom is 0.261 e. The van der Waals surface area contributed by atoms with Gasteiger partial charge in [0.05, 0.1) is 16.5 Å². The zero-order valence-corrected chi connectivity index (χ0v) is 14.2. The lowest BCUT2D eigenvalue weighted by atomic mass is 10.1. The van der Waals surface area contributed by atoms with E-state index < -0.39 is 10.0 Å². The number of carbonyl (C=O) groups excluding carboxylic acids is 1. The highest BCUT2D eigenvalue weighted by molar-refractivity contribution is 7.92. The van der Waals surface area contributed by atoms with Crippen LogP contribution in [0.3, 0.4) is 0 Å². The number of nitrogens with one attached hydrogen (secondary N) is 1. The number of ketones is 1. The molecule has 0 amide bonds. The number of carbonyl (C=O) groups is 1. The first-order valence-corrected chi connectivity index (χ1v) is 8.76. The minimum absolute atomic E-state index is 0.0131. The van der Waals surface area contributed by atoms with Crippen LogP contribution in [0.25, 0.3) is 0 Å². The Labute approximate surface area is 140 Å². The third-order valence-corrected chi connectivity index (χ3v) is 4.71. The lowest BCUT2D eigenvalue weighted by molar-refractivity contribution is 0.101. The van der Waals surface area contributed by atoms with Gasteiger partial charge in [0.1, 0.15) is 5.75 Å². The molecule has 0 aliphatic rings. The molecule has 0 spiro atoms. The average Bonchev–Trinajstić information content (AvgIpc) is 2.49. The Bertz CT molecular complexity index is 834. The Hall–Kier alpha value is -2.05. The van der Waals surface area contributed by atoms with Crippen molar-refractivity contribution < 1.29 is 17.9 Å². The van der Waals surface area contributed by atoms with E-state index in [-0.39, 0.29) is 15.7 Å². The Balaban J connectivity index is 2.30. The summed E-state index contributed by atoms with van der Waals surface area (Å²) in [5.74, 6) is 0.279. The van der Waals surface area contributed by atoms with Crippen LogP contribution < -0.4 is 9.46 Å². The molecule has 0 aromatic heterocycles. The lowest BCUT2D eigenvalue weighted by Crippen LogP contribution is -2.13. The maximum absolute atomic E-state index is 12.4. The number of hydrogen-bond acceptors (Lipinski definition) is 4. The highest BCUT2D eigenvalue weighted by Gasteiger charge is 2.16. The van der Waals surface area contributed by atoms with Crippen molar-refractivity contribution >= 4 is 33.1 Å². The molecule has 0 saturated heterocycles. The van der Waals surface area contributed by atoms with Gasteiger partial charge in [0, 0.05) is 11.3 Å². The van der Waals surface area contributed by atoms with Gasteiger partial charge in [0.25, 0.3) is 10.0 Å². The van der Waals surface area contributed by atoms with Crippen LogP contribution in [0.4, 0.5) is 5.69 Å². The molecule has 0 heterocycles. The highest BCUT2D eigenvalue weighted by Crippen LogP contribution is 2.28. The van der Waals surface area contributed by atoms with E-state index in [2.05, 4.69) is 4.72 Å². The van der Waals surface area contributed by atoms with Crippen molar-refractivity contribution in [2.24, 2.45) is 0 Å². The van der Waals surface area contributed by atoms with Crippen molar-refractivity contribution in [1.29, 1.82) is 0 Å². The van der Waals surface area contributed by atoms with Gasteiger partial charge in [0.2, 0.25) is 0 Å². The van der Waals surface area contributed by atoms with Crippen molar-refractivity contribution in [3.63, 3.8) is 0 Å². The highest BCUT2D eigenvalue weighted by atomic mass is 35.5. The molecule has 0 atom stereocenters. The molecule has 0 aliphatic heterocycles. The number of halogens is 1. The van der Waals surface area contributed by atoms with Crippen LogP contribution >= 0.6 is 11.6 Å². The number of Topliss-reactive ketones (excluding diaryl/α,β-unsaturated/α-hetero) is 1. The van der Waals surface area contributed by atoms with Gasteiger partial charge in [-0.3, -0.25) is 9.52 Å². The number of anilines is 1. The van der Waals surface area contributed by atoms with E-state index in [1.807, 2.05) is 6.92 Å².